The maximum absolute atomic E-state index is 12.3. The number of esters is 1. The number of halogens is 1. The summed E-state index contributed by atoms with van der Waals surface area (Å²) in [6.07, 6.45) is 0. The van der Waals surface area contributed by atoms with Gasteiger partial charge in [-0.05, 0) is 37.3 Å². The van der Waals surface area contributed by atoms with Gasteiger partial charge >= 0.3 is 16.1 Å². The second-order valence-corrected chi connectivity index (χ2v) is 6.41. The molecule has 22 heavy (non-hydrogen) atoms. The Kier molecular flexibility index (Phi) is 4.73. The fourth-order valence-corrected chi connectivity index (χ4v) is 3.14. The standard InChI is InChI=1S/C15H13ClO5S/c1-10-3-6-12(7-4-10)21-22(18,19)14-9-11(15(17)20-2)5-8-13(14)16/h3-9H,1-2H3. The van der Waals surface area contributed by atoms with Crippen molar-refractivity contribution in [3.05, 3.63) is 58.6 Å². The Morgan fingerprint density at radius 3 is 2.32 bits per heavy atom. The van der Waals surface area contributed by atoms with E-state index in [0.29, 0.717) is 0 Å². The van der Waals surface area contributed by atoms with E-state index in [1.165, 1.54) is 31.4 Å². The van der Waals surface area contributed by atoms with Crippen LogP contribution in [0.15, 0.2) is 47.4 Å². The topological polar surface area (TPSA) is 69.7 Å². The molecule has 2 aromatic carbocycles. The SMILES string of the molecule is COC(=O)c1ccc(Cl)c(S(=O)(=O)Oc2ccc(C)cc2)c1. The highest BCUT2D eigenvalue weighted by Crippen LogP contribution is 2.26. The average Bonchev–Trinajstić information content (AvgIpc) is 2.49. The minimum absolute atomic E-state index is 0.0419. The first-order valence-electron chi connectivity index (χ1n) is 6.22. The van der Waals surface area contributed by atoms with Crippen molar-refractivity contribution in [2.24, 2.45) is 0 Å². The molecule has 0 unspecified atom stereocenters. The van der Waals surface area contributed by atoms with Crippen molar-refractivity contribution >= 4 is 27.7 Å². The zero-order valence-corrected chi connectivity index (χ0v) is 13.4. The van der Waals surface area contributed by atoms with Crippen LogP contribution in [0.3, 0.4) is 0 Å². The summed E-state index contributed by atoms with van der Waals surface area (Å²) in [5.41, 5.74) is 1.04. The number of ether oxygens (including phenoxy) is 1. The summed E-state index contributed by atoms with van der Waals surface area (Å²) in [4.78, 5) is 11.2. The van der Waals surface area contributed by atoms with Crippen molar-refractivity contribution in [2.45, 2.75) is 11.8 Å². The summed E-state index contributed by atoms with van der Waals surface area (Å²) >= 11 is 5.91. The highest BCUT2D eigenvalue weighted by molar-refractivity contribution is 7.87. The lowest BCUT2D eigenvalue weighted by atomic mass is 10.2. The largest absolute Gasteiger partial charge is 0.465 e. The van der Waals surface area contributed by atoms with Crippen LogP contribution in [0.5, 0.6) is 5.75 Å². The van der Waals surface area contributed by atoms with Gasteiger partial charge in [-0.25, -0.2) is 4.79 Å². The monoisotopic (exact) mass is 340 g/mol. The Labute approximate surface area is 133 Å². The van der Waals surface area contributed by atoms with Crippen molar-refractivity contribution in [1.82, 2.24) is 0 Å². The van der Waals surface area contributed by atoms with Crippen LogP contribution >= 0.6 is 11.6 Å². The summed E-state index contributed by atoms with van der Waals surface area (Å²) in [6, 6.07) is 10.3. The summed E-state index contributed by atoms with van der Waals surface area (Å²) in [5, 5.41) is -0.0419. The molecule has 0 spiro atoms. The minimum Gasteiger partial charge on any atom is -0.465 e. The molecule has 2 aromatic rings. The Morgan fingerprint density at radius 1 is 1.09 bits per heavy atom. The lowest BCUT2D eigenvalue weighted by Gasteiger charge is -2.10. The van der Waals surface area contributed by atoms with Gasteiger partial charge in [0.2, 0.25) is 0 Å². The van der Waals surface area contributed by atoms with Gasteiger partial charge in [0.05, 0.1) is 17.7 Å². The number of hydrogen-bond acceptors (Lipinski definition) is 5. The number of methoxy groups -OCH3 is 1. The van der Waals surface area contributed by atoms with Crippen LogP contribution in [0, 0.1) is 6.92 Å². The third kappa shape index (κ3) is 3.58. The predicted molar refractivity (Wildman–Crippen MR) is 81.8 cm³/mol. The zero-order chi connectivity index (χ0) is 16.3. The van der Waals surface area contributed by atoms with Gasteiger partial charge in [-0.1, -0.05) is 29.3 Å². The second kappa shape index (κ2) is 6.37. The Hall–Kier alpha value is -2.05. The third-order valence-electron chi connectivity index (χ3n) is 2.85. The molecule has 7 heteroatoms. The number of aryl methyl sites for hydroxylation is 1. The van der Waals surface area contributed by atoms with E-state index >= 15 is 0 Å². The van der Waals surface area contributed by atoms with E-state index in [0.717, 1.165) is 11.6 Å². The summed E-state index contributed by atoms with van der Waals surface area (Å²) in [7, 11) is -2.96. The first-order valence-corrected chi connectivity index (χ1v) is 8.01. The van der Waals surface area contributed by atoms with Gasteiger partial charge in [0.1, 0.15) is 10.6 Å². The second-order valence-electron chi connectivity index (χ2n) is 4.49. The predicted octanol–water partition coefficient (Wildman–Crippen LogP) is 3.20. The van der Waals surface area contributed by atoms with Crippen molar-refractivity contribution in [1.29, 1.82) is 0 Å². The quantitative estimate of drug-likeness (QED) is 0.631. The molecule has 0 aromatic heterocycles. The Bertz CT molecular complexity index is 797. The first-order chi connectivity index (χ1) is 10.3. The van der Waals surface area contributed by atoms with Crippen LogP contribution in [0.2, 0.25) is 5.02 Å². The van der Waals surface area contributed by atoms with Gasteiger partial charge in [0.25, 0.3) is 0 Å². The summed E-state index contributed by atoms with van der Waals surface area (Å²) in [6.45, 7) is 1.87. The van der Waals surface area contributed by atoms with Crippen molar-refractivity contribution in [3.63, 3.8) is 0 Å². The first kappa shape index (κ1) is 16.3. The van der Waals surface area contributed by atoms with E-state index in [9.17, 15) is 13.2 Å². The number of hydrogen-bond donors (Lipinski definition) is 0. The van der Waals surface area contributed by atoms with Gasteiger partial charge in [-0.3, -0.25) is 0 Å². The number of rotatable bonds is 4. The van der Waals surface area contributed by atoms with Gasteiger partial charge in [-0.15, -0.1) is 0 Å². The fraction of sp³-hybridized carbons (Fsp3) is 0.133. The molecule has 0 heterocycles. The molecule has 0 N–H and O–H groups in total. The smallest absolute Gasteiger partial charge is 0.340 e. The van der Waals surface area contributed by atoms with Crippen molar-refractivity contribution < 1.29 is 22.1 Å². The molecule has 0 aliphatic rings. The zero-order valence-electron chi connectivity index (χ0n) is 11.9. The molecule has 0 aliphatic carbocycles. The van der Waals surface area contributed by atoms with Crippen LogP contribution in [0.1, 0.15) is 15.9 Å². The van der Waals surface area contributed by atoms with Crippen LogP contribution in [-0.4, -0.2) is 21.5 Å². The fourth-order valence-electron chi connectivity index (χ4n) is 1.71. The molecule has 0 fully saturated rings. The van der Waals surface area contributed by atoms with Gasteiger partial charge < -0.3 is 8.92 Å². The molecule has 0 saturated carbocycles. The lowest BCUT2D eigenvalue weighted by Crippen LogP contribution is -2.12. The van der Waals surface area contributed by atoms with Gasteiger partial charge in [0, 0.05) is 0 Å². The minimum atomic E-state index is -4.16. The van der Waals surface area contributed by atoms with Gasteiger partial charge in [0.15, 0.2) is 0 Å². The molecule has 116 valence electrons. The average molecular weight is 341 g/mol. The van der Waals surface area contributed by atoms with Crippen molar-refractivity contribution in [3.8, 4) is 5.75 Å². The Balaban J connectivity index is 2.40. The third-order valence-corrected chi connectivity index (χ3v) is 4.58. The van der Waals surface area contributed by atoms with E-state index < -0.39 is 16.1 Å². The van der Waals surface area contributed by atoms with E-state index in [1.807, 2.05) is 6.92 Å². The lowest BCUT2D eigenvalue weighted by molar-refractivity contribution is 0.0600. The molecule has 0 saturated heterocycles. The molecule has 0 amide bonds. The summed E-state index contributed by atoms with van der Waals surface area (Å²) < 4.78 is 34.2. The van der Waals surface area contributed by atoms with E-state index in [-0.39, 0.29) is 21.2 Å². The number of carbonyl (C=O) groups is 1. The number of benzene rings is 2. The Morgan fingerprint density at radius 2 is 1.73 bits per heavy atom. The van der Waals surface area contributed by atoms with Crippen LogP contribution in [0.25, 0.3) is 0 Å². The summed E-state index contributed by atoms with van der Waals surface area (Å²) in [5.74, 6) is -0.506. The molecular formula is C15H13ClO5S. The molecule has 5 nitrogen and oxygen atoms in total. The van der Waals surface area contributed by atoms with E-state index in [2.05, 4.69) is 4.74 Å². The molecule has 0 atom stereocenters. The molecular weight excluding hydrogens is 328 g/mol. The molecule has 2 rings (SSSR count). The van der Waals surface area contributed by atoms with Crippen LogP contribution in [0.4, 0.5) is 0 Å². The molecule has 0 aliphatic heterocycles. The maximum Gasteiger partial charge on any atom is 0.340 e. The number of carbonyl (C=O) groups excluding carboxylic acids is 1. The highest BCUT2D eigenvalue weighted by Gasteiger charge is 2.22. The van der Waals surface area contributed by atoms with E-state index in [1.54, 1.807) is 12.1 Å². The van der Waals surface area contributed by atoms with Crippen LogP contribution < -0.4 is 4.18 Å². The highest BCUT2D eigenvalue weighted by atomic mass is 35.5. The van der Waals surface area contributed by atoms with Gasteiger partial charge in [-0.2, -0.15) is 8.42 Å². The maximum atomic E-state index is 12.3. The molecule has 0 bridgehead atoms. The van der Waals surface area contributed by atoms with Crippen LogP contribution in [-0.2, 0) is 14.9 Å². The normalized spacial score (nSPS) is 11.0. The molecule has 0 radical (unpaired) electrons. The van der Waals surface area contributed by atoms with E-state index in [4.69, 9.17) is 15.8 Å². The van der Waals surface area contributed by atoms with Crippen molar-refractivity contribution in [2.75, 3.05) is 7.11 Å².